The first-order chi connectivity index (χ1) is 12.7. The number of ketones is 2. The number of carbonyl (C=O) groups is 3. The third-order valence-corrected chi connectivity index (χ3v) is 5.57. The normalized spacial score (nSPS) is 24.6. The van der Waals surface area contributed by atoms with Gasteiger partial charge in [-0.15, -0.1) is 0 Å². The second-order valence-electron chi connectivity index (χ2n) is 6.93. The highest BCUT2D eigenvalue weighted by Crippen LogP contribution is 2.48. The number of nitro benzene ring substituents is 1. The van der Waals surface area contributed by atoms with Crippen molar-refractivity contribution in [1.29, 1.82) is 0 Å². The highest BCUT2D eigenvalue weighted by molar-refractivity contribution is 6.32. The van der Waals surface area contributed by atoms with E-state index in [2.05, 4.69) is 0 Å². The van der Waals surface area contributed by atoms with Gasteiger partial charge >= 0.3 is 5.97 Å². The van der Waals surface area contributed by atoms with Crippen LogP contribution in [-0.4, -0.2) is 22.5 Å². The molecule has 0 aromatic heterocycles. The van der Waals surface area contributed by atoms with Gasteiger partial charge in [-0.3, -0.25) is 24.5 Å². The molecule has 2 aliphatic rings. The standard InChI is InChI=1S/C19H18ClNO6/c1-9-12-4-3-5-13(12)19(27-10(2)22)16(17(9)23)18(24)14-7-6-11(20)8-15(14)21(25)26/h6-9,12-13H,3-5H2,1-2H3. The van der Waals surface area contributed by atoms with Crippen molar-refractivity contribution in [2.24, 2.45) is 17.8 Å². The molecule has 0 saturated heterocycles. The zero-order valence-corrected chi connectivity index (χ0v) is 15.6. The first kappa shape index (κ1) is 19.2. The Balaban J connectivity index is 2.19. The van der Waals surface area contributed by atoms with E-state index in [1.165, 1.54) is 19.1 Å². The molecule has 0 aliphatic heterocycles. The molecule has 0 bridgehead atoms. The molecule has 2 aliphatic carbocycles. The third-order valence-electron chi connectivity index (χ3n) is 5.34. The summed E-state index contributed by atoms with van der Waals surface area (Å²) in [7, 11) is 0. The average Bonchev–Trinajstić information content (AvgIpc) is 3.08. The van der Waals surface area contributed by atoms with E-state index in [0.717, 1.165) is 18.9 Å². The molecule has 0 amide bonds. The molecule has 142 valence electrons. The van der Waals surface area contributed by atoms with E-state index >= 15 is 0 Å². The van der Waals surface area contributed by atoms with Gasteiger partial charge in [0.1, 0.15) is 16.9 Å². The van der Waals surface area contributed by atoms with E-state index in [9.17, 15) is 24.5 Å². The number of benzene rings is 1. The van der Waals surface area contributed by atoms with Crippen molar-refractivity contribution in [2.75, 3.05) is 0 Å². The van der Waals surface area contributed by atoms with Crippen molar-refractivity contribution in [2.45, 2.75) is 33.1 Å². The van der Waals surface area contributed by atoms with Crippen molar-refractivity contribution in [3.8, 4) is 0 Å². The third kappa shape index (κ3) is 3.39. The average molecular weight is 392 g/mol. The molecule has 3 atom stereocenters. The zero-order valence-electron chi connectivity index (χ0n) is 14.9. The first-order valence-corrected chi connectivity index (χ1v) is 9.05. The Morgan fingerprint density at radius 1 is 1.30 bits per heavy atom. The number of allylic oxidation sites excluding steroid dienone is 2. The highest BCUT2D eigenvalue weighted by Gasteiger charge is 2.48. The molecule has 1 aromatic carbocycles. The Morgan fingerprint density at radius 2 is 2.00 bits per heavy atom. The molecular formula is C19H18ClNO6. The lowest BCUT2D eigenvalue weighted by Gasteiger charge is -2.33. The van der Waals surface area contributed by atoms with Crippen LogP contribution in [0.15, 0.2) is 29.5 Å². The van der Waals surface area contributed by atoms with Crippen LogP contribution in [0.4, 0.5) is 5.69 Å². The van der Waals surface area contributed by atoms with Gasteiger partial charge in [0.15, 0.2) is 5.78 Å². The maximum atomic E-state index is 13.2. The molecule has 1 fully saturated rings. The molecule has 0 radical (unpaired) electrons. The molecule has 0 heterocycles. The summed E-state index contributed by atoms with van der Waals surface area (Å²) in [5.41, 5.74) is -0.997. The monoisotopic (exact) mass is 391 g/mol. The van der Waals surface area contributed by atoms with Gasteiger partial charge in [-0.25, -0.2) is 0 Å². The number of nitrogens with zero attached hydrogens (tertiary/aromatic N) is 1. The molecule has 27 heavy (non-hydrogen) atoms. The minimum absolute atomic E-state index is 0.00334. The van der Waals surface area contributed by atoms with E-state index < -0.39 is 34.1 Å². The van der Waals surface area contributed by atoms with E-state index in [-0.39, 0.29) is 33.8 Å². The fourth-order valence-electron chi connectivity index (χ4n) is 4.13. The van der Waals surface area contributed by atoms with Crippen molar-refractivity contribution >= 4 is 34.8 Å². The van der Waals surface area contributed by atoms with Gasteiger partial charge in [-0.2, -0.15) is 0 Å². The van der Waals surface area contributed by atoms with Crippen LogP contribution in [0.5, 0.6) is 0 Å². The van der Waals surface area contributed by atoms with Gasteiger partial charge in [0, 0.05) is 29.8 Å². The molecule has 7 nitrogen and oxygen atoms in total. The summed E-state index contributed by atoms with van der Waals surface area (Å²) in [6.07, 6.45) is 2.37. The van der Waals surface area contributed by atoms with E-state index in [0.29, 0.717) is 6.42 Å². The van der Waals surface area contributed by atoms with Crippen LogP contribution < -0.4 is 0 Å². The quantitative estimate of drug-likeness (QED) is 0.253. The smallest absolute Gasteiger partial charge is 0.307 e. The SMILES string of the molecule is CC(=O)OC1=C(C(=O)c2ccc(Cl)cc2[N+](=O)[O-])C(=O)C(C)C2CCCC12. The Hall–Kier alpha value is -2.54. The molecule has 8 heteroatoms. The van der Waals surface area contributed by atoms with Crippen molar-refractivity contribution in [3.63, 3.8) is 0 Å². The number of esters is 1. The number of carbonyl (C=O) groups excluding carboxylic acids is 3. The number of ether oxygens (including phenoxy) is 1. The Kier molecular flexibility index (Phi) is 5.15. The highest BCUT2D eigenvalue weighted by atomic mass is 35.5. The van der Waals surface area contributed by atoms with Crippen LogP contribution in [0, 0.1) is 27.9 Å². The van der Waals surface area contributed by atoms with Gasteiger partial charge in [0.25, 0.3) is 5.69 Å². The number of halogens is 1. The molecular weight excluding hydrogens is 374 g/mol. The second kappa shape index (κ2) is 7.23. The second-order valence-corrected chi connectivity index (χ2v) is 7.37. The van der Waals surface area contributed by atoms with Gasteiger partial charge in [-0.05, 0) is 30.9 Å². The Bertz CT molecular complexity index is 890. The van der Waals surface area contributed by atoms with E-state index in [1.54, 1.807) is 6.92 Å². The Morgan fingerprint density at radius 3 is 2.63 bits per heavy atom. The maximum Gasteiger partial charge on any atom is 0.307 e. The largest absolute Gasteiger partial charge is 0.430 e. The van der Waals surface area contributed by atoms with Crippen molar-refractivity contribution < 1.29 is 24.0 Å². The van der Waals surface area contributed by atoms with Crippen LogP contribution in [0.25, 0.3) is 0 Å². The van der Waals surface area contributed by atoms with E-state index in [4.69, 9.17) is 16.3 Å². The number of Topliss-reactive ketones (excluding diaryl/α,β-unsaturated/α-hetero) is 2. The lowest BCUT2D eigenvalue weighted by atomic mass is 9.72. The molecule has 3 rings (SSSR count). The predicted octanol–water partition coefficient (Wildman–Crippen LogP) is 3.88. The minimum atomic E-state index is -0.809. The van der Waals surface area contributed by atoms with Crippen LogP contribution in [0.3, 0.4) is 0 Å². The lowest BCUT2D eigenvalue weighted by molar-refractivity contribution is -0.385. The van der Waals surface area contributed by atoms with Crippen LogP contribution >= 0.6 is 11.6 Å². The van der Waals surface area contributed by atoms with Gasteiger partial charge in [-0.1, -0.05) is 24.9 Å². The lowest BCUT2D eigenvalue weighted by Crippen LogP contribution is -2.37. The molecule has 0 spiro atoms. The van der Waals surface area contributed by atoms with Crippen LogP contribution in [-0.2, 0) is 14.3 Å². The molecule has 3 unspecified atom stereocenters. The maximum absolute atomic E-state index is 13.2. The van der Waals surface area contributed by atoms with E-state index in [1.807, 2.05) is 0 Å². The summed E-state index contributed by atoms with van der Waals surface area (Å²) in [6.45, 7) is 2.95. The number of hydrogen-bond acceptors (Lipinski definition) is 6. The molecule has 0 N–H and O–H groups in total. The van der Waals surface area contributed by atoms with Crippen LogP contribution in [0.1, 0.15) is 43.5 Å². The van der Waals surface area contributed by atoms with Crippen molar-refractivity contribution in [3.05, 3.63) is 50.2 Å². The summed E-state index contributed by atoms with van der Waals surface area (Å²) >= 11 is 5.81. The fraction of sp³-hybridized carbons (Fsp3) is 0.421. The zero-order chi connectivity index (χ0) is 19.9. The number of nitro groups is 1. The number of hydrogen-bond donors (Lipinski definition) is 0. The summed E-state index contributed by atoms with van der Waals surface area (Å²) in [5, 5.41) is 11.5. The predicted molar refractivity (Wildman–Crippen MR) is 96.2 cm³/mol. The van der Waals surface area contributed by atoms with Gasteiger partial charge < -0.3 is 4.74 Å². The topological polar surface area (TPSA) is 104 Å². The summed E-state index contributed by atoms with van der Waals surface area (Å²) in [4.78, 5) is 48.4. The molecule has 1 saturated carbocycles. The number of fused-ring (bicyclic) bond motifs is 1. The number of rotatable bonds is 4. The summed E-state index contributed by atoms with van der Waals surface area (Å²) in [6, 6.07) is 3.64. The van der Waals surface area contributed by atoms with Crippen molar-refractivity contribution in [1.82, 2.24) is 0 Å². The summed E-state index contributed by atoms with van der Waals surface area (Å²) in [5.74, 6) is -2.45. The van der Waals surface area contributed by atoms with Crippen LogP contribution in [0.2, 0.25) is 5.02 Å². The van der Waals surface area contributed by atoms with Gasteiger partial charge in [0.2, 0.25) is 5.78 Å². The molecule has 1 aromatic rings. The fourth-order valence-corrected chi connectivity index (χ4v) is 4.30. The minimum Gasteiger partial charge on any atom is -0.430 e. The van der Waals surface area contributed by atoms with Gasteiger partial charge in [0.05, 0.1) is 4.92 Å². The first-order valence-electron chi connectivity index (χ1n) is 8.67. The summed E-state index contributed by atoms with van der Waals surface area (Å²) < 4.78 is 5.31. The Labute approximate surface area is 160 Å².